The first-order valence-electron chi connectivity index (χ1n) is 8.55. The van der Waals surface area contributed by atoms with Crippen molar-refractivity contribution >= 4 is 22.4 Å². The maximum Gasteiger partial charge on any atom is 0.247 e. The fourth-order valence-corrected chi connectivity index (χ4v) is 2.83. The van der Waals surface area contributed by atoms with Gasteiger partial charge in [0, 0.05) is 11.2 Å². The lowest BCUT2D eigenvalue weighted by atomic mass is 10.0. The smallest absolute Gasteiger partial charge is 0.247 e. The van der Waals surface area contributed by atoms with Crippen molar-refractivity contribution < 1.29 is 4.79 Å². The van der Waals surface area contributed by atoms with E-state index in [0.29, 0.717) is 0 Å². The van der Waals surface area contributed by atoms with Crippen molar-refractivity contribution in [2.24, 2.45) is 0 Å². The molecule has 1 amide bonds. The molecule has 3 heteroatoms. The summed E-state index contributed by atoms with van der Waals surface area (Å²) in [6.45, 7) is 5.97. The van der Waals surface area contributed by atoms with Crippen LogP contribution in [0, 0.1) is 0 Å². The van der Waals surface area contributed by atoms with Crippen LogP contribution >= 0.6 is 0 Å². The van der Waals surface area contributed by atoms with Crippen LogP contribution in [0.4, 0.5) is 5.69 Å². The molecule has 3 nitrogen and oxygen atoms in total. The summed E-state index contributed by atoms with van der Waals surface area (Å²) >= 11 is 0. The minimum Gasteiger partial charge on any atom is -0.370 e. The number of carbonyl (C=O) groups is 1. The average molecular weight is 332 g/mol. The third-order valence-electron chi connectivity index (χ3n) is 3.95. The van der Waals surface area contributed by atoms with E-state index in [4.69, 9.17) is 0 Å². The number of nitrogens with one attached hydrogen (secondary N) is 2. The first kappa shape index (κ1) is 17.0. The molecule has 128 valence electrons. The summed E-state index contributed by atoms with van der Waals surface area (Å²) in [7, 11) is 0. The SMILES string of the molecule is CC(C)(C)NC(=O)C(Nc1ccc2ccccc2c1)c1ccccc1. The molecule has 0 heterocycles. The van der Waals surface area contributed by atoms with E-state index < -0.39 is 6.04 Å². The van der Waals surface area contributed by atoms with Gasteiger partial charge in [0.1, 0.15) is 6.04 Å². The van der Waals surface area contributed by atoms with Crippen molar-refractivity contribution in [3.8, 4) is 0 Å². The van der Waals surface area contributed by atoms with Crippen LogP contribution in [0.25, 0.3) is 10.8 Å². The first-order valence-corrected chi connectivity index (χ1v) is 8.55. The highest BCUT2D eigenvalue weighted by Crippen LogP contribution is 2.24. The number of hydrogen-bond donors (Lipinski definition) is 2. The zero-order valence-corrected chi connectivity index (χ0v) is 14.9. The van der Waals surface area contributed by atoms with Crippen molar-refractivity contribution in [2.75, 3.05) is 5.32 Å². The van der Waals surface area contributed by atoms with Gasteiger partial charge in [-0.3, -0.25) is 4.79 Å². The van der Waals surface area contributed by atoms with Gasteiger partial charge in [0.2, 0.25) is 5.91 Å². The number of carbonyl (C=O) groups excluding carboxylic acids is 1. The van der Waals surface area contributed by atoms with E-state index in [-0.39, 0.29) is 11.4 Å². The molecule has 0 fully saturated rings. The number of amides is 1. The van der Waals surface area contributed by atoms with Gasteiger partial charge >= 0.3 is 0 Å². The molecule has 0 saturated carbocycles. The Kier molecular flexibility index (Phi) is 4.75. The number of anilines is 1. The second-order valence-electron chi connectivity index (χ2n) is 7.29. The molecule has 0 aliphatic carbocycles. The maximum atomic E-state index is 12.9. The van der Waals surface area contributed by atoms with Gasteiger partial charge in [-0.15, -0.1) is 0 Å². The quantitative estimate of drug-likeness (QED) is 0.713. The van der Waals surface area contributed by atoms with Crippen LogP contribution < -0.4 is 10.6 Å². The molecule has 2 N–H and O–H groups in total. The summed E-state index contributed by atoms with van der Waals surface area (Å²) in [5.74, 6) is -0.0353. The van der Waals surface area contributed by atoms with E-state index in [9.17, 15) is 4.79 Å². The highest BCUT2D eigenvalue weighted by molar-refractivity contribution is 5.89. The van der Waals surface area contributed by atoms with Gasteiger partial charge in [-0.2, -0.15) is 0 Å². The number of fused-ring (bicyclic) bond motifs is 1. The average Bonchev–Trinajstić information content (AvgIpc) is 2.58. The summed E-state index contributed by atoms with van der Waals surface area (Å²) < 4.78 is 0. The maximum absolute atomic E-state index is 12.9. The molecule has 0 radical (unpaired) electrons. The summed E-state index contributed by atoms with van der Waals surface area (Å²) in [5.41, 5.74) is 1.59. The van der Waals surface area contributed by atoms with Gasteiger partial charge in [0.15, 0.2) is 0 Å². The number of benzene rings is 3. The molecule has 25 heavy (non-hydrogen) atoms. The molecule has 0 aliphatic heterocycles. The molecule has 1 atom stereocenters. The predicted molar refractivity (Wildman–Crippen MR) is 105 cm³/mol. The van der Waals surface area contributed by atoms with E-state index in [2.05, 4.69) is 34.9 Å². The van der Waals surface area contributed by atoms with Gasteiger partial charge < -0.3 is 10.6 Å². The van der Waals surface area contributed by atoms with Crippen molar-refractivity contribution in [1.29, 1.82) is 0 Å². The summed E-state index contributed by atoms with van der Waals surface area (Å²) in [6.07, 6.45) is 0. The third-order valence-corrected chi connectivity index (χ3v) is 3.95. The lowest BCUT2D eigenvalue weighted by Crippen LogP contribution is -2.44. The van der Waals surface area contributed by atoms with Crippen LogP contribution in [-0.2, 0) is 4.79 Å². The normalized spacial score (nSPS) is 12.6. The van der Waals surface area contributed by atoms with Gasteiger partial charge in [-0.05, 0) is 49.2 Å². The van der Waals surface area contributed by atoms with Gasteiger partial charge in [0.05, 0.1) is 0 Å². The minimum atomic E-state index is -0.443. The molecule has 0 bridgehead atoms. The van der Waals surface area contributed by atoms with Crippen LogP contribution in [0.15, 0.2) is 72.8 Å². The monoisotopic (exact) mass is 332 g/mol. The number of hydrogen-bond acceptors (Lipinski definition) is 2. The summed E-state index contributed by atoms with van der Waals surface area (Å²) in [4.78, 5) is 12.9. The second-order valence-corrected chi connectivity index (χ2v) is 7.29. The molecule has 3 aromatic carbocycles. The predicted octanol–water partition coefficient (Wildman–Crippen LogP) is 4.91. The highest BCUT2D eigenvalue weighted by Gasteiger charge is 2.24. The van der Waals surface area contributed by atoms with Gasteiger partial charge in [-0.1, -0.05) is 60.7 Å². The Morgan fingerprint density at radius 2 is 1.48 bits per heavy atom. The molecule has 0 aromatic heterocycles. The zero-order valence-electron chi connectivity index (χ0n) is 14.9. The largest absolute Gasteiger partial charge is 0.370 e. The molecule has 1 unspecified atom stereocenters. The van der Waals surface area contributed by atoms with Crippen molar-refractivity contribution in [3.05, 3.63) is 78.4 Å². The van der Waals surface area contributed by atoms with E-state index in [1.165, 1.54) is 5.39 Å². The van der Waals surface area contributed by atoms with Crippen LogP contribution in [0.2, 0.25) is 0 Å². The van der Waals surface area contributed by atoms with E-state index in [1.807, 2.05) is 69.3 Å². The number of rotatable bonds is 4. The van der Waals surface area contributed by atoms with Crippen molar-refractivity contribution in [2.45, 2.75) is 32.4 Å². The van der Waals surface area contributed by atoms with Crippen LogP contribution in [-0.4, -0.2) is 11.4 Å². The molecular formula is C22H24N2O. The van der Waals surface area contributed by atoms with Crippen molar-refractivity contribution in [1.82, 2.24) is 5.32 Å². The Labute approximate surface area is 149 Å². The van der Waals surface area contributed by atoms with E-state index in [1.54, 1.807) is 0 Å². The standard InChI is InChI=1S/C22H24N2O/c1-22(2,3)24-21(25)20(17-10-5-4-6-11-17)23-19-14-13-16-9-7-8-12-18(16)15-19/h4-15,20,23H,1-3H3,(H,24,25). The summed E-state index contributed by atoms with van der Waals surface area (Å²) in [6, 6.07) is 23.7. The lowest BCUT2D eigenvalue weighted by Gasteiger charge is -2.26. The van der Waals surface area contributed by atoms with E-state index >= 15 is 0 Å². The minimum absolute atomic E-state index is 0.0353. The Balaban J connectivity index is 1.92. The van der Waals surface area contributed by atoms with Crippen LogP contribution in [0.5, 0.6) is 0 Å². The Morgan fingerprint density at radius 3 is 2.16 bits per heavy atom. The van der Waals surface area contributed by atoms with Gasteiger partial charge in [-0.25, -0.2) is 0 Å². The Morgan fingerprint density at radius 1 is 0.840 bits per heavy atom. The molecule has 0 aliphatic rings. The van der Waals surface area contributed by atoms with Crippen LogP contribution in [0.3, 0.4) is 0 Å². The fraction of sp³-hybridized carbons (Fsp3) is 0.227. The highest BCUT2D eigenvalue weighted by atomic mass is 16.2. The molecule has 0 spiro atoms. The fourth-order valence-electron chi connectivity index (χ4n) is 2.83. The van der Waals surface area contributed by atoms with E-state index in [0.717, 1.165) is 16.6 Å². The van der Waals surface area contributed by atoms with Gasteiger partial charge in [0.25, 0.3) is 0 Å². The second kappa shape index (κ2) is 6.98. The third kappa shape index (κ3) is 4.38. The zero-order chi connectivity index (χ0) is 17.9. The molecule has 3 aromatic rings. The lowest BCUT2D eigenvalue weighted by molar-refractivity contribution is -0.123. The summed E-state index contributed by atoms with van der Waals surface area (Å²) in [5, 5.41) is 8.80. The Hall–Kier alpha value is -2.81. The topological polar surface area (TPSA) is 41.1 Å². The molecular weight excluding hydrogens is 308 g/mol. The first-order chi connectivity index (χ1) is 11.9. The molecule has 0 saturated heterocycles. The van der Waals surface area contributed by atoms with Crippen molar-refractivity contribution in [3.63, 3.8) is 0 Å². The molecule has 3 rings (SSSR count). The Bertz CT molecular complexity index is 866. The van der Waals surface area contributed by atoms with Crippen LogP contribution in [0.1, 0.15) is 32.4 Å².